The maximum atomic E-state index is 12.3. The molecule has 0 bridgehead atoms. The van der Waals surface area contributed by atoms with E-state index >= 15 is 0 Å². The van der Waals surface area contributed by atoms with E-state index in [0.29, 0.717) is 5.92 Å². The number of carbonyl (C=O) groups is 1. The average Bonchev–Trinajstić information content (AvgIpc) is 2.58. The van der Waals surface area contributed by atoms with Crippen molar-refractivity contribution >= 4 is 47.8 Å². The van der Waals surface area contributed by atoms with Gasteiger partial charge in [-0.1, -0.05) is 0 Å². The summed E-state index contributed by atoms with van der Waals surface area (Å²) in [5.74, 6) is 2.48. The zero-order valence-corrected chi connectivity index (χ0v) is 20.8. The summed E-state index contributed by atoms with van der Waals surface area (Å²) in [6, 6.07) is 0. The van der Waals surface area contributed by atoms with Gasteiger partial charge in [0, 0.05) is 32.7 Å². The molecule has 8 heteroatoms. The molecule has 2 N–H and O–H groups in total. The number of aliphatic imine (C=N–C) groups is 1. The number of unbranched alkanes of at least 4 members (excludes halogenated alkanes) is 1. The fraction of sp³-hybridized carbons (Fsp3) is 0.895. The normalized spacial score (nSPS) is 17.9. The molecule has 27 heavy (non-hydrogen) atoms. The lowest BCUT2D eigenvalue weighted by Gasteiger charge is -2.33. The third-order valence-electron chi connectivity index (χ3n) is 4.09. The van der Waals surface area contributed by atoms with Gasteiger partial charge in [0.25, 0.3) is 0 Å². The van der Waals surface area contributed by atoms with E-state index in [0.717, 1.165) is 57.9 Å². The van der Waals surface area contributed by atoms with Crippen LogP contribution in [0.3, 0.4) is 0 Å². The van der Waals surface area contributed by atoms with Crippen LogP contribution in [-0.2, 0) is 4.74 Å². The molecular weight excluding hydrogens is 475 g/mol. The van der Waals surface area contributed by atoms with Crippen molar-refractivity contribution in [1.82, 2.24) is 15.5 Å². The van der Waals surface area contributed by atoms with Crippen LogP contribution in [0.1, 0.15) is 53.4 Å². The van der Waals surface area contributed by atoms with Crippen molar-refractivity contribution in [3.05, 3.63) is 0 Å². The van der Waals surface area contributed by atoms with E-state index in [1.54, 1.807) is 0 Å². The zero-order valence-electron chi connectivity index (χ0n) is 17.7. The van der Waals surface area contributed by atoms with Crippen molar-refractivity contribution < 1.29 is 9.53 Å². The summed E-state index contributed by atoms with van der Waals surface area (Å²) in [6.07, 6.45) is 6.44. The number of halogens is 1. The monoisotopic (exact) mass is 514 g/mol. The Labute approximate surface area is 187 Å². The highest BCUT2D eigenvalue weighted by atomic mass is 127. The second-order valence-corrected chi connectivity index (χ2v) is 8.77. The largest absolute Gasteiger partial charge is 0.444 e. The molecule has 0 radical (unpaired) electrons. The Kier molecular flexibility index (Phi) is 14.4. The molecule has 1 heterocycles. The van der Waals surface area contributed by atoms with Crippen LogP contribution in [0.15, 0.2) is 4.99 Å². The number of hydrogen-bond acceptors (Lipinski definition) is 4. The van der Waals surface area contributed by atoms with Crippen molar-refractivity contribution in [3.63, 3.8) is 0 Å². The van der Waals surface area contributed by atoms with E-state index in [2.05, 4.69) is 23.8 Å². The second-order valence-electron chi connectivity index (χ2n) is 7.78. The summed E-state index contributed by atoms with van der Waals surface area (Å²) in [4.78, 5) is 18.8. The predicted octanol–water partition coefficient (Wildman–Crippen LogP) is 3.95. The summed E-state index contributed by atoms with van der Waals surface area (Å²) in [5.41, 5.74) is -0.444. The Morgan fingerprint density at radius 3 is 2.67 bits per heavy atom. The first-order valence-electron chi connectivity index (χ1n) is 9.84. The molecule has 0 saturated carbocycles. The highest BCUT2D eigenvalue weighted by Crippen LogP contribution is 2.19. The summed E-state index contributed by atoms with van der Waals surface area (Å²) >= 11 is 1.89. The first-order valence-corrected chi connectivity index (χ1v) is 11.2. The number of amides is 1. The van der Waals surface area contributed by atoms with Crippen LogP contribution in [0.25, 0.3) is 0 Å². The first-order chi connectivity index (χ1) is 12.4. The Bertz CT molecular complexity index is 444. The molecule has 0 aromatic heterocycles. The lowest BCUT2D eigenvalue weighted by atomic mass is 9.98. The average molecular weight is 515 g/mol. The molecule has 160 valence electrons. The summed E-state index contributed by atoms with van der Waals surface area (Å²) in [6.45, 7) is 11.8. The van der Waals surface area contributed by atoms with E-state index in [-0.39, 0.29) is 30.1 Å². The SMILES string of the molecule is CCNC(=NCC1CCCN(C(=O)OC(C)(C)C)C1)NCCCCSC.I. The van der Waals surface area contributed by atoms with Crippen molar-refractivity contribution in [2.24, 2.45) is 10.9 Å². The predicted molar refractivity (Wildman–Crippen MR) is 128 cm³/mol. The van der Waals surface area contributed by atoms with Gasteiger partial charge in [-0.25, -0.2) is 4.79 Å². The van der Waals surface area contributed by atoms with Gasteiger partial charge in [0.1, 0.15) is 5.60 Å². The van der Waals surface area contributed by atoms with Crippen molar-refractivity contribution in [2.45, 2.75) is 59.0 Å². The molecule has 1 atom stereocenters. The molecule has 1 unspecified atom stereocenters. The fourth-order valence-corrected chi connectivity index (χ4v) is 3.34. The molecule has 0 spiro atoms. The second kappa shape index (κ2) is 14.6. The maximum absolute atomic E-state index is 12.3. The van der Waals surface area contributed by atoms with Gasteiger partial charge in [0.2, 0.25) is 0 Å². The summed E-state index contributed by atoms with van der Waals surface area (Å²) in [7, 11) is 0. The van der Waals surface area contributed by atoms with E-state index < -0.39 is 5.60 Å². The maximum Gasteiger partial charge on any atom is 0.410 e. The lowest BCUT2D eigenvalue weighted by Crippen LogP contribution is -2.44. The molecule has 1 amide bonds. The molecule has 1 fully saturated rings. The van der Waals surface area contributed by atoms with Crippen molar-refractivity contribution in [3.8, 4) is 0 Å². The lowest BCUT2D eigenvalue weighted by molar-refractivity contribution is 0.0170. The van der Waals surface area contributed by atoms with Crippen LogP contribution in [0.4, 0.5) is 4.79 Å². The number of nitrogens with one attached hydrogen (secondary N) is 2. The van der Waals surface area contributed by atoms with Crippen molar-refractivity contribution in [2.75, 3.05) is 44.7 Å². The number of guanidine groups is 1. The summed E-state index contributed by atoms with van der Waals surface area (Å²) < 4.78 is 5.50. The Hall–Kier alpha value is -0.380. The van der Waals surface area contributed by atoms with Crippen LogP contribution in [0, 0.1) is 5.92 Å². The third-order valence-corrected chi connectivity index (χ3v) is 4.79. The molecule has 0 aliphatic carbocycles. The van der Waals surface area contributed by atoms with Gasteiger partial charge < -0.3 is 20.3 Å². The van der Waals surface area contributed by atoms with E-state index in [9.17, 15) is 4.79 Å². The standard InChI is InChI=1S/C19H38N4O2S.HI/c1-6-20-17(21-11-7-8-13-26-5)22-14-16-10-9-12-23(15-16)18(24)25-19(2,3)4;/h16H,6-15H2,1-5H3,(H2,20,21,22);1H. The third kappa shape index (κ3) is 12.6. The number of ether oxygens (including phenoxy) is 1. The first kappa shape index (κ1) is 26.6. The molecule has 6 nitrogen and oxygen atoms in total. The number of piperidine rings is 1. The Morgan fingerprint density at radius 1 is 1.30 bits per heavy atom. The number of thioether (sulfide) groups is 1. The van der Waals surface area contributed by atoms with Gasteiger partial charge in [0.15, 0.2) is 5.96 Å². The van der Waals surface area contributed by atoms with E-state index in [1.165, 1.54) is 12.2 Å². The van der Waals surface area contributed by atoms with Gasteiger partial charge in [-0.3, -0.25) is 4.99 Å². The Balaban J connectivity index is 0.00000676. The highest BCUT2D eigenvalue weighted by molar-refractivity contribution is 14.0. The van der Waals surface area contributed by atoms with Crippen LogP contribution < -0.4 is 10.6 Å². The smallest absolute Gasteiger partial charge is 0.410 e. The number of carbonyl (C=O) groups excluding carboxylic acids is 1. The minimum absolute atomic E-state index is 0. The topological polar surface area (TPSA) is 66.0 Å². The van der Waals surface area contributed by atoms with Crippen LogP contribution in [0.5, 0.6) is 0 Å². The Morgan fingerprint density at radius 2 is 2.04 bits per heavy atom. The number of nitrogens with zero attached hydrogens (tertiary/aromatic N) is 2. The van der Waals surface area contributed by atoms with Crippen LogP contribution >= 0.6 is 35.7 Å². The molecule has 1 saturated heterocycles. The van der Waals surface area contributed by atoms with Crippen LogP contribution in [0.2, 0.25) is 0 Å². The molecule has 0 aromatic rings. The minimum Gasteiger partial charge on any atom is -0.444 e. The number of likely N-dealkylation sites (tertiary alicyclic amines) is 1. The molecule has 1 rings (SSSR count). The zero-order chi connectivity index (χ0) is 19.4. The van der Waals surface area contributed by atoms with Gasteiger partial charge >= 0.3 is 6.09 Å². The summed E-state index contributed by atoms with van der Waals surface area (Å²) in [5, 5.41) is 6.72. The highest BCUT2D eigenvalue weighted by Gasteiger charge is 2.27. The molecule has 1 aliphatic rings. The van der Waals surface area contributed by atoms with Crippen LogP contribution in [-0.4, -0.2) is 67.3 Å². The quantitative estimate of drug-likeness (QED) is 0.222. The molecule has 1 aliphatic heterocycles. The van der Waals surface area contributed by atoms with Gasteiger partial charge in [-0.2, -0.15) is 11.8 Å². The van der Waals surface area contributed by atoms with Gasteiger partial charge in [0.05, 0.1) is 0 Å². The molecule has 0 aromatic carbocycles. The minimum atomic E-state index is -0.444. The van der Waals surface area contributed by atoms with Gasteiger partial charge in [-0.05, 0) is 71.3 Å². The van der Waals surface area contributed by atoms with E-state index in [1.807, 2.05) is 37.4 Å². The fourth-order valence-electron chi connectivity index (χ4n) is 2.85. The number of hydrogen-bond donors (Lipinski definition) is 2. The van der Waals surface area contributed by atoms with Crippen molar-refractivity contribution in [1.29, 1.82) is 0 Å². The van der Waals surface area contributed by atoms with E-state index in [4.69, 9.17) is 9.73 Å². The number of rotatable bonds is 8. The van der Waals surface area contributed by atoms with Gasteiger partial charge in [-0.15, -0.1) is 24.0 Å². The molecular formula is C19H39IN4O2S.